The Bertz CT molecular complexity index is 2440. The van der Waals surface area contributed by atoms with E-state index in [1.165, 1.54) is 29.2 Å². The number of benzene rings is 4. The molecule has 7 atom stereocenters. The van der Waals surface area contributed by atoms with Crippen molar-refractivity contribution in [1.29, 1.82) is 0 Å². The molecule has 4 aliphatic rings. The predicted molar refractivity (Wildman–Crippen MR) is 257 cm³/mol. The molecule has 3 N–H and O–H groups in total. The highest BCUT2D eigenvalue weighted by Gasteiger charge is 2.66. The number of fused-ring (bicyclic) bond motifs is 3. The van der Waals surface area contributed by atoms with Crippen molar-refractivity contribution < 1.29 is 58.3 Å². The van der Waals surface area contributed by atoms with Gasteiger partial charge in [-0.05, 0) is 109 Å². The number of allylic oxidation sites excluding steroid dienone is 1. The molecule has 69 heavy (non-hydrogen) atoms. The molecule has 0 spiro atoms. The van der Waals surface area contributed by atoms with Crippen LogP contribution in [0.25, 0.3) is 10.8 Å². The third-order valence-corrected chi connectivity index (χ3v) is 13.6. The molecule has 1 saturated carbocycles. The molecule has 0 radical (unpaired) electrons. The van der Waals surface area contributed by atoms with Gasteiger partial charge in [0.2, 0.25) is 12.1 Å². The lowest BCUT2D eigenvalue weighted by molar-refractivity contribution is -0.384. The van der Waals surface area contributed by atoms with Crippen molar-refractivity contribution in [3.05, 3.63) is 125 Å². The first-order valence-corrected chi connectivity index (χ1v) is 24.2. The molecule has 0 aromatic heterocycles. The van der Waals surface area contributed by atoms with Crippen LogP contribution >= 0.6 is 0 Å². The van der Waals surface area contributed by atoms with E-state index in [9.17, 15) is 30.2 Å². The van der Waals surface area contributed by atoms with Crippen LogP contribution in [-0.2, 0) is 19.0 Å². The predicted octanol–water partition coefficient (Wildman–Crippen LogP) is 9.21. The number of hydrogen-bond donors (Lipinski definition) is 3. The molecule has 16 heteroatoms. The molecule has 2 aliphatic heterocycles. The van der Waals surface area contributed by atoms with Crippen LogP contribution in [0, 0.1) is 27.9 Å². The number of hydrogen-bond acceptors (Lipinski definition) is 14. The van der Waals surface area contributed by atoms with Gasteiger partial charge >= 0.3 is 6.09 Å². The van der Waals surface area contributed by atoms with Gasteiger partial charge in [-0.15, -0.1) is 6.58 Å². The van der Waals surface area contributed by atoms with Crippen molar-refractivity contribution in [2.75, 3.05) is 52.8 Å². The topological polar surface area (TPSA) is 201 Å². The number of nitrogens with zero attached hydrogens (tertiary/aromatic N) is 3. The summed E-state index contributed by atoms with van der Waals surface area (Å²) in [6.45, 7) is 4.45. The van der Waals surface area contributed by atoms with Gasteiger partial charge in [0.1, 0.15) is 29.0 Å². The second-order valence-electron chi connectivity index (χ2n) is 17.9. The third-order valence-electron chi connectivity index (χ3n) is 13.6. The van der Waals surface area contributed by atoms with Gasteiger partial charge < -0.3 is 48.6 Å². The van der Waals surface area contributed by atoms with E-state index in [0.29, 0.717) is 48.8 Å². The van der Waals surface area contributed by atoms with E-state index in [1.54, 1.807) is 6.08 Å². The molecular formula is C53H63N3O13. The number of carbonyl (C=O) groups is 1. The zero-order valence-corrected chi connectivity index (χ0v) is 38.9. The highest BCUT2D eigenvalue weighted by atomic mass is 16.8. The smallest absolute Gasteiger partial charge is 0.415 e. The first-order chi connectivity index (χ1) is 33.8. The standard InChI is InChI=1S/C53H63N3O13/c1-2-28-65-53-48(55(24-30-63-31-27-59)52(60)67-40-20-17-39(18-21-40)56(61)62)35-46(54-69-49-15-7-10-29-64-49)44-33-38(13-5-8-25-57)43(14-6-9-26-58)50(51(44)53)45-34-42(22-23-47(45)68-53)66-41-19-16-36-11-3-4-12-37(36)32-41/h2-4,11-12,16-23,32-34,38,43,48-51,57-59H,1,5-10,13-15,24-31,35H2. The molecule has 16 nitrogen and oxygen atoms in total. The van der Waals surface area contributed by atoms with Crippen molar-refractivity contribution in [2.24, 2.45) is 22.9 Å². The number of aliphatic hydroxyl groups is 3. The molecule has 368 valence electrons. The molecule has 4 aromatic carbocycles. The Kier molecular flexibility index (Phi) is 17.0. The summed E-state index contributed by atoms with van der Waals surface area (Å²) in [5.74, 6) is -0.768. The van der Waals surface area contributed by atoms with E-state index in [0.717, 1.165) is 60.4 Å². The SMILES string of the molecule is C=CCOC12Oc3ccc(Oc4ccc5ccccc5c4)cc3C3C(CCCCO)C(CCCCO)C=C(C(=NOC4CCCCO4)CC1N(CCOCCO)C(=O)Oc1ccc([N+](=O)[O-])cc1)C32. The van der Waals surface area contributed by atoms with Crippen molar-refractivity contribution in [1.82, 2.24) is 4.90 Å². The van der Waals surface area contributed by atoms with Gasteiger partial charge in [0.15, 0.2) is 0 Å². The average Bonchev–Trinajstić information content (AvgIpc) is 3.37. The molecule has 4 aromatic rings. The number of amides is 1. The fraction of sp³-hybridized carbons (Fsp3) is 0.472. The molecule has 2 aliphatic carbocycles. The monoisotopic (exact) mass is 949 g/mol. The zero-order valence-electron chi connectivity index (χ0n) is 38.9. The number of nitro groups is 1. The van der Waals surface area contributed by atoms with Crippen LogP contribution < -0.4 is 14.2 Å². The number of ether oxygens (including phenoxy) is 6. The maximum Gasteiger partial charge on any atom is 0.415 e. The Balaban J connectivity index is 1.31. The summed E-state index contributed by atoms with van der Waals surface area (Å²) in [5, 5.41) is 48.3. The van der Waals surface area contributed by atoms with E-state index in [-0.39, 0.29) is 81.8 Å². The molecule has 8 rings (SSSR count). The highest BCUT2D eigenvalue weighted by molar-refractivity contribution is 6.03. The van der Waals surface area contributed by atoms with Gasteiger partial charge in [-0.3, -0.25) is 15.0 Å². The van der Waals surface area contributed by atoms with Crippen molar-refractivity contribution >= 4 is 28.3 Å². The van der Waals surface area contributed by atoms with E-state index in [2.05, 4.69) is 18.7 Å². The first-order valence-electron chi connectivity index (χ1n) is 24.2. The Hall–Kier alpha value is -5.88. The van der Waals surface area contributed by atoms with Gasteiger partial charge in [0.05, 0.1) is 49.6 Å². The van der Waals surface area contributed by atoms with Gasteiger partial charge in [0, 0.05) is 56.2 Å². The molecular weight excluding hydrogens is 887 g/mol. The average molecular weight is 950 g/mol. The second-order valence-corrected chi connectivity index (χ2v) is 17.9. The Morgan fingerprint density at radius 1 is 0.899 bits per heavy atom. The maximum atomic E-state index is 14.9. The van der Waals surface area contributed by atoms with Crippen LogP contribution in [0.3, 0.4) is 0 Å². The summed E-state index contributed by atoms with van der Waals surface area (Å²) in [6, 6.07) is 24.1. The minimum Gasteiger partial charge on any atom is -0.459 e. The summed E-state index contributed by atoms with van der Waals surface area (Å²) < 4.78 is 38.9. The normalized spacial score (nSPS) is 24.3. The van der Waals surface area contributed by atoms with Crippen LogP contribution in [-0.4, -0.2) is 108 Å². The number of unbranched alkanes of at least 4 members (excludes halogenated alkanes) is 2. The fourth-order valence-electron chi connectivity index (χ4n) is 10.5. The molecule has 7 unspecified atom stereocenters. The van der Waals surface area contributed by atoms with Gasteiger partial charge in [0.25, 0.3) is 5.69 Å². The van der Waals surface area contributed by atoms with E-state index < -0.39 is 35.1 Å². The lowest BCUT2D eigenvalue weighted by Gasteiger charge is -2.59. The van der Waals surface area contributed by atoms with Gasteiger partial charge in [-0.1, -0.05) is 60.5 Å². The molecule has 2 heterocycles. The zero-order chi connectivity index (χ0) is 48.2. The number of rotatable bonds is 23. The van der Waals surface area contributed by atoms with Crippen molar-refractivity contribution in [3.8, 4) is 23.0 Å². The lowest BCUT2D eigenvalue weighted by Crippen LogP contribution is -2.70. The number of non-ortho nitro benzene ring substituents is 1. The molecule has 0 bridgehead atoms. The number of oxime groups is 1. The minimum atomic E-state index is -1.62. The largest absolute Gasteiger partial charge is 0.459 e. The number of carbonyl (C=O) groups excluding carboxylic acids is 1. The van der Waals surface area contributed by atoms with E-state index >= 15 is 0 Å². The minimum absolute atomic E-state index is 0.00240. The third kappa shape index (κ3) is 11.4. The maximum absolute atomic E-state index is 14.9. The van der Waals surface area contributed by atoms with Crippen LogP contribution in [0.15, 0.2) is 114 Å². The molecule has 1 saturated heterocycles. The Labute approximate surface area is 402 Å². The quantitative estimate of drug-likeness (QED) is 0.0275. The highest BCUT2D eigenvalue weighted by Crippen LogP contribution is 2.62. The first kappa shape index (κ1) is 49.5. The van der Waals surface area contributed by atoms with E-state index in [1.807, 2.05) is 54.6 Å². The van der Waals surface area contributed by atoms with E-state index in [4.69, 9.17) is 38.4 Å². The summed E-state index contributed by atoms with van der Waals surface area (Å²) in [6.07, 6.45) is 9.30. The summed E-state index contributed by atoms with van der Waals surface area (Å²) >= 11 is 0. The van der Waals surface area contributed by atoms with Crippen molar-refractivity contribution in [3.63, 3.8) is 0 Å². The molecule has 1 amide bonds. The van der Waals surface area contributed by atoms with Crippen LogP contribution in [0.2, 0.25) is 0 Å². The van der Waals surface area contributed by atoms with Crippen molar-refractivity contribution in [2.45, 2.75) is 88.2 Å². The Morgan fingerprint density at radius 2 is 1.65 bits per heavy atom. The number of aliphatic hydroxyl groups excluding tert-OH is 3. The number of nitro benzene ring substituents is 1. The summed E-state index contributed by atoms with van der Waals surface area (Å²) in [7, 11) is 0. The molecule has 2 fully saturated rings. The van der Waals surface area contributed by atoms with Gasteiger partial charge in [-0.2, -0.15) is 0 Å². The summed E-state index contributed by atoms with van der Waals surface area (Å²) in [5.41, 5.74) is 2.13. The second kappa shape index (κ2) is 23.6. The van der Waals surface area contributed by atoms with Gasteiger partial charge in [-0.25, -0.2) is 4.79 Å². The summed E-state index contributed by atoms with van der Waals surface area (Å²) in [4.78, 5) is 33.6. The lowest BCUT2D eigenvalue weighted by atomic mass is 9.55. The van der Waals surface area contributed by atoms with Crippen LogP contribution in [0.4, 0.5) is 10.5 Å². The fourth-order valence-corrected chi connectivity index (χ4v) is 10.5. The van der Waals surface area contributed by atoms with Crippen LogP contribution in [0.1, 0.15) is 75.7 Å². The Morgan fingerprint density at radius 3 is 2.39 bits per heavy atom. The van der Waals surface area contributed by atoms with Crippen LogP contribution in [0.5, 0.6) is 23.0 Å².